The topological polar surface area (TPSA) is 55.4 Å². The van der Waals surface area contributed by atoms with E-state index in [1.807, 2.05) is 0 Å². The molecule has 1 heterocycles. The monoisotopic (exact) mass is 277 g/mol. The molecule has 3 atom stereocenters. The Labute approximate surface area is 111 Å². The Hall–Kier alpha value is -0.130. The van der Waals surface area contributed by atoms with E-state index in [-0.39, 0.29) is 5.92 Å². The highest BCUT2D eigenvalue weighted by atomic mass is 32.2. The summed E-state index contributed by atoms with van der Waals surface area (Å²) in [6.07, 6.45) is 2.86. The maximum Gasteiger partial charge on any atom is 0.150 e. The molecule has 18 heavy (non-hydrogen) atoms. The van der Waals surface area contributed by atoms with Crippen LogP contribution >= 0.6 is 0 Å². The van der Waals surface area contributed by atoms with E-state index in [4.69, 9.17) is 4.74 Å². The first-order valence-electron chi connectivity index (χ1n) is 6.93. The van der Waals surface area contributed by atoms with E-state index in [9.17, 15) is 8.42 Å². The molecule has 1 rings (SSSR count). The van der Waals surface area contributed by atoms with Crippen molar-refractivity contribution in [1.82, 2.24) is 5.32 Å². The highest BCUT2D eigenvalue weighted by molar-refractivity contribution is 7.91. The average Bonchev–Trinajstić information content (AvgIpc) is 2.67. The fourth-order valence-corrected chi connectivity index (χ4v) is 4.59. The first-order valence-corrected chi connectivity index (χ1v) is 8.75. The van der Waals surface area contributed by atoms with E-state index in [1.165, 1.54) is 0 Å². The molecule has 0 aromatic heterocycles. The van der Waals surface area contributed by atoms with Gasteiger partial charge in [0.2, 0.25) is 0 Å². The van der Waals surface area contributed by atoms with Crippen LogP contribution in [-0.2, 0) is 14.6 Å². The van der Waals surface area contributed by atoms with Crippen molar-refractivity contribution >= 4 is 9.84 Å². The second kappa shape index (κ2) is 7.46. The van der Waals surface area contributed by atoms with E-state index in [1.54, 1.807) is 7.11 Å². The highest BCUT2D eigenvalue weighted by Crippen LogP contribution is 2.27. The van der Waals surface area contributed by atoms with Gasteiger partial charge in [0.25, 0.3) is 0 Å². The Bertz CT molecular complexity index is 329. The second-order valence-electron chi connectivity index (χ2n) is 5.40. The molecule has 1 aliphatic rings. The minimum atomic E-state index is -2.79. The van der Waals surface area contributed by atoms with Crippen LogP contribution in [0.15, 0.2) is 0 Å². The van der Waals surface area contributed by atoms with Gasteiger partial charge in [0.05, 0.1) is 11.5 Å². The molecular formula is C13H27NO3S. The number of ether oxygens (including phenoxy) is 1. The standard InChI is InChI=1S/C13H27NO3S/c1-4-7-14-13(11(2)5-8-17-3)12-6-9-18(15,16)10-12/h11-14H,4-10H2,1-3H3. The lowest BCUT2D eigenvalue weighted by Gasteiger charge is -2.30. The molecule has 1 saturated heterocycles. The van der Waals surface area contributed by atoms with Crippen LogP contribution in [-0.4, -0.2) is 46.2 Å². The molecule has 0 amide bonds. The van der Waals surface area contributed by atoms with Crippen LogP contribution in [0.2, 0.25) is 0 Å². The number of methoxy groups -OCH3 is 1. The van der Waals surface area contributed by atoms with E-state index in [2.05, 4.69) is 19.2 Å². The molecule has 0 saturated carbocycles. The fourth-order valence-electron chi connectivity index (χ4n) is 2.73. The van der Waals surface area contributed by atoms with Gasteiger partial charge in [-0.2, -0.15) is 0 Å². The molecule has 3 unspecified atom stereocenters. The van der Waals surface area contributed by atoms with Gasteiger partial charge in [-0.3, -0.25) is 0 Å². The Morgan fingerprint density at radius 3 is 2.67 bits per heavy atom. The first-order chi connectivity index (χ1) is 8.50. The minimum absolute atomic E-state index is 0.272. The normalized spacial score (nSPS) is 26.1. The molecule has 0 radical (unpaired) electrons. The van der Waals surface area contributed by atoms with Crippen LogP contribution in [0.25, 0.3) is 0 Å². The predicted molar refractivity (Wildman–Crippen MR) is 74.5 cm³/mol. The first kappa shape index (κ1) is 15.9. The third kappa shape index (κ3) is 4.86. The van der Waals surface area contributed by atoms with Gasteiger partial charge in [-0.25, -0.2) is 8.42 Å². The summed E-state index contributed by atoms with van der Waals surface area (Å²) in [5, 5.41) is 3.54. The molecule has 0 aliphatic carbocycles. The Morgan fingerprint density at radius 1 is 1.44 bits per heavy atom. The second-order valence-corrected chi connectivity index (χ2v) is 7.63. The molecule has 4 nitrogen and oxygen atoms in total. The maximum atomic E-state index is 11.6. The molecule has 0 spiro atoms. The molecule has 108 valence electrons. The maximum absolute atomic E-state index is 11.6. The molecule has 0 aromatic rings. The van der Waals surface area contributed by atoms with Gasteiger partial charge in [0.1, 0.15) is 0 Å². The third-order valence-electron chi connectivity index (χ3n) is 3.80. The number of rotatable bonds is 8. The van der Waals surface area contributed by atoms with Gasteiger partial charge < -0.3 is 10.1 Å². The Kier molecular flexibility index (Phi) is 6.60. The van der Waals surface area contributed by atoms with Crippen molar-refractivity contribution in [3.63, 3.8) is 0 Å². The third-order valence-corrected chi connectivity index (χ3v) is 5.59. The van der Waals surface area contributed by atoms with Gasteiger partial charge >= 0.3 is 0 Å². The Balaban J connectivity index is 2.60. The van der Waals surface area contributed by atoms with Crippen LogP contribution < -0.4 is 5.32 Å². The number of sulfone groups is 1. The molecule has 0 aromatic carbocycles. The summed E-state index contributed by atoms with van der Waals surface area (Å²) in [6.45, 7) is 6.02. The lowest BCUT2D eigenvalue weighted by Crippen LogP contribution is -2.42. The van der Waals surface area contributed by atoms with Crippen molar-refractivity contribution in [3.05, 3.63) is 0 Å². The zero-order valence-electron chi connectivity index (χ0n) is 11.8. The van der Waals surface area contributed by atoms with Gasteiger partial charge in [0, 0.05) is 19.8 Å². The van der Waals surface area contributed by atoms with Crippen LogP contribution in [0.1, 0.15) is 33.1 Å². The largest absolute Gasteiger partial charge is 0.385 e. The van der Waals surface area contributed by atoms with Crippen molar-refractivity contribution in [3.8, 4) is 0 Å². The Morgan fingerprint density at radius 2 is 2.17 bits per heavy atom. The zero-order valence-corrected chi connectivity index (χ0v) is 12.6. The van der Waals surface area contributed by atoms with Gasteiger partial charge in [0.15, 0.2) is 9.84 Å². The number of nitrogens with one attached hydrogen (secondary N) is 1. The summed E-state index contributed by atoms with van der Waals surface area (Å²) in [7, 11) is -1.08. The molecule has 5 heteroatoms. The highest BCUT2D eigenvalue weighted by Gasteiger charge is 2.35. The zero-order chi connectivity index (χ0) is 13.6. The van der Waals surface area contributed by atoms with Crippen LogP contribution in [0.5, 0.6) is 0 Å². The lowest BCUT2D eigenvalue weighted by molar-refractivity contribution is 0.160. The van der Waals surface area contributed by atoms with Crippen molar-refractivity contribution in [2.24, 2.45) is 11.8 Å². The van der Waals surface area contributed by atoms with Crippen LogP contribution in [0, 0.1) is 11.8 Å². The van der Waals surface area contributed by atoms with E-state index < -0.39 is 9.84 Å². The quantitative estimate of drug-likeness (QED) is 0.730. The van der Waals surface area contributed by atoms with Crippen molar-refractivity contribution < 1.29 is 13.2 Å². The summed E-state index contributed by atoms with van der Waals surface area (Å²) in [4.78, 5) is 0. The smallest absolute Gasteiger partial charge is 0.150 e. The summed E-state index contributed by atoms with van der Waals surface area (Å²) in [5.74, 6) is 1.44. The fraction of sp³-hybridized carbons (Fsp3) is 1.00. The molecule has 0 bridgehead atoms. The predicted octanol–water partition coefficient (Wildman–Crippen LogP) is 1.46. The minimum Gasteiger partial charge on any atom is -0.385 e. The van der Waals surface area contributed by atoms with Crippen molar-refractivity contribution in [1.29, 1.82) is 0 Å². The summed E-state index contributed by atoms with van der Waals surface area (Å²) >= 11 is 0. The summed E-state index contributed by atoms with van der Waals surface area (Å²) in [5.41, 5.74) is 0. The van der Waals surface area contributed by atoms with Gasteiger partial charge in [-0.1, -0.05) is 13.8 Å². The van der Waals surface area contributed by atoms with Gasteiger partial charge in [-0.15, -0.1) is 0 Å². The van der Waals surface area contributed by atoms with Crippen LogP contribution in [0.4, 0.5) is 0 Å². The van der Waals surface area contributed by atoms with E-state index in [0.717, 1.165) is 32.4 Å². The average molecular weight is 277 g/mol. The number of hydrogen-bond acceptors (Lipinski definition) is 4. The van der Waals surface area contributed by atoms with Gasteiger partial charge in [-0.05, 0) is 37.6 Å². The molecular weight excluding hydrogens is 250 g/mol. The number of hydrogen-bond donors (Lipinski definition) is 1. The SMILES string of the molecule is CCCNC(C(C)CCOC)C1CCS(=O)(=O)C1. The summed E-state index contributed by atoms with van der Waals surface area (Å²) < 4.78 is 28.3. The van der Waals surface area contributed by atoms with E-state index >= 15 is 0 Å². The summed E-state index contributed by atoms with van der Waals surface area (Å²) in [6, 6.07) is 0.303. The molecule has 1 N–H and O–H groups in total. The lowest BCUT2D eigenvalue weighted by atomic mass is 9.87. The van der Waals surface area contributed by atoms with Crippen molar-refractivity contribution in [2.45, 2.75) is 39.2 Å². The molecule has 1 fully saturated rings. The molecule has 1 aliphatic heterocycles. The van der Waals surface area contributed by atoms with Crippen molar-refractivity contribution in [2.75, 3.05) is 31.8 Å². The van der Waals surface area contributed by atoms with E-state index in [0.29, 0.717) is 23.5 Å². The van der Waals surface area contributed by atoms with Crippen LogP contribution in [0.3, 0.4) is 0 Å².